The number of rotatable bonds is 4. The van der Waals surface area contributed by atoms with Crippen molar-refractivity contribution in [1.82, 2.24) is 0 Å². The lowest BCUT2D eigenvalue weighted by atomic mass is 9.82. The van der Waals surface area contributed by atoms with Crippen LogP contribution < -0.4 is 0 Å². The summed E-state index contributed by atoms with van der Waals surface area (Å²) in [5.41, 5.74) is 2.17. The van der Waals surface area contributed by atoms with Gasteiger partial charge in [-0.15, -0.1) is 0 Å². The first-order valence-electron chi connectivity index (χ1n) is 5.77. The molecular formula is C14H18O2. The van der Waals surface area contributed by atoms with Crippen molar-refractivity contribution in [2.75, 3.05) is 13.2 Å². The van der Waals surface area contributed by atoms with Crippen LogP contribution in [0.15, 0.2) is 24.3 Å². The van der Waals surface area contributed by atoms with Crippen LogP contribution in [0.25, 0.3) is 0 Å². The first-order chi connectivity index (χ1) is 7.61. The molecule has 2 heteroatoms. The second kappa shape index (κ2) is 4.38. The number of benzene rings is 1. The topological polar surface area (TPSA) is 26.3 Å². The predicted molar refractivity (Wildman–Crippen MR) is 63.7 cm³/mol. The highest BCUT2D eigenvalue weighted by Gasteiger charge is 2.33. The van der Waals surface area contributed by atoms with Crippen LogP contribution in [0.2, 0.25) is 0 Å². The van der Waals surface area contributed by atoms with Crippen molar-refractivity contribution >= 4 is 5.78 Å². The van der Waals surface area contributed by atoms with Crippen LogP contribution in [-0.2, 0) is 4.74 Å². The molecule has 0 unspecified atom stereocenters. The number of Topliss-reactive ketones (excluding diaryl/α,β-unsaturated/α-hetero) is 1. The molecule has 1 aliphatic heterocycles. The Kier molecular flexibility index (Phi) is 3.10. The van der Waals surface area contributed by atoms with E-state index in [0.29, 0.717) is 6.42 Å². The summed E-state index contributed by atoms with van der Waals surface area (Å²) in [6.07, 6.45) is 1.56. The molecular weight excluding hydrogens is 200 g/mol. The van der Waals surface area contributed by atoms with E-state index >= 15 is 0 Å². The molecule has 1 fully saturated rings. The number of ether oxygens (including phenoxy) is 1. The van der Waals surface area contributed by atoms with Crippen molar-refractivity contribution in [1.29, 1.82) is 0 Å². The van der Waals surface area contributed by atoms with Crippen LogP contribution in [0.5, 0.6) is 0 Å². The highest BCUT2D eigenvalue weighted by Crippen LogP contribution is 2.32. The van der Waals surface area contributed by atoms with Crippen molar-refractivity contribution in [2.24, 2.45) is 5.41 Å². The van der Waals surface area contributed by atoms with Crippen molar-refractivity contribution in [2.45, 2.75) is 26.7 Å². The molecule has 1 aromatic carbocycles. The van der Waals surface area contributed by atoms with E-state index in [1.165, 1.54) is 0 Å². The van der Waals surface area contributed by atoms with E-state index in [4.69, 9.17) is 4.74 Å². The molecule has 0 spiro atoms. The van der Waals surface area contributed by atoms with Crippen molar-refractivity contribution in [3.8, 4) is 0 Å². The fourth-order valence-electron chi connectivity index (χ4n) is 2.03. The van der Waals surface area contributed by atoms with Crippen LogP contribution in [-0.4, -0.2) is 19.0 Å². The average Bonchev–Trinajstić information content (AvgIpc) is 2.24. The molecule has 0 atom stereocenters. The Hall–Kier alpha value is -1.15. The molecule has 1 aromatic rings. The van der Waals surface area contributed by atoms with Gasteiger partial charge in [0.15, 0.2) is 5.78 Å². The summed E-state index contributed by atoms with van der Waals surface area (Å²) in [7, 11) is 0. The standard InChI is InChI=1S/C14H18O2/c1-11-5-3-4-6-12(11)13(15)7-8-14(2)9-16-10-14/h3-6H,7-10H2,1-2H3. The summed E-state index contributed by atoms with van der Waals surface area (Å²) in [6.45, 7) is 5.77. The van der Waals surface area contributed by atoms with Gasteiger partial charge in [-0.25, -0.2) is 0 Å². The molecule has 1 aliphatic rings. The van der Waals surface area contributed by atoms with E-state index in [2.05, 4.69) is 6.92 Å². The third-order valence-corrected chi connectivity index (χ3v) is 3.30. The number of aryl methyl sites for hydroxylation is 1. The zero-order valence-corrected chi connectivity index (χ0v) is 9.95. The molecule has 2 nitrogen and oxygen atoms in total. The van der Waals surface area contributed by atoms with Crippen molar-refractivity contribution in [3.05, 3.63) is 35.4 Å². The lowest BCUT2D eigenvalue weighted by molar-refractivity contribution is -0.105. The second-order valence-corrected chi connectivity index (χ2v) is 5.04. The quantitative estimate of drug-likeness (QED) is 0.726. The van der Waals surface area contributed by atoms with Gasteiger partial charge in [-0.2, -0.15) is 0 Å². The molecule has 1 heterocycles. The van der Waals surface area contributed by atoms with E-state index < -0.39 is 0 Å². The fraction of sp³-hybridized carbons (Fsp3) is 0.500. The van der Waals surface area contributed by atoms with Gasteiger partial charge in [-0.05, 0) is 18.9 Å². The van der Waals surface area contributed by atoms with E-state index in [1.54, 1.807) is 0 Å². The zero-order chi connectivity index (χ0) is 11.6. The summed E-state index contributed by atoms with van der Waals surface area (Å²) in [5, 5.41) is 0. The Morgan fingerprint density at radius 3 is 2.62 bits per heavy atom. The SMILES string of the molecule is Cc1ccccc1C(=O)CCC1(C)COC1. The van der Waals surface area contributed by atoms with Crippen LogP contribution >= 0.6 is 0 Å². The molecule has 0 radical (unpaired) electrons. The number of carbonyl (C=O) groups is 1. The highest BCUT2D eigenvalue weighted by atomic mass is 16.5. The Balaban J connectivity index is 1.96. The van der Waals surface area contributed by atoms with Gasteiger partial charge in [0.05, 0.1) is 13.2 Å². The summed E-state index contributed by atoms with van der Waals surface area (Å²) in [6, 6.07) is 7.79. The minimum atomic E-state index is 0.234. The van der Waals surface area contributed by atoms with E-state index in [-0.39, 0.29) is 11.2 Å². The molecule has 0 aliphatic carbocycles. The molecule has 0 bridgehead atoms. The van der Waals surface area contributed by atoms with Gasteiger partial charge in [0.1, 0.15) is 0 Å². The molecule has 0 amide bonds. The molecule has 2 rings (SSSR count). The van der Waals surface area contributed by atoms with Gasteiger partial charge >= 0.3 is 0 Å². The normalized spacial score (nSPS) is 17.9. The van der Waals surface area contributed by atoms with Crippen molar-refractivity contribution < 1.29 is 9.53 Å². The summed E-state index contributed by atoms with van der Waals surface area (Å²) < 4.78 is 5.19. The van der Waals surface area contributed by atoms with Crippen LogP contribution in [0.4, 0.5) is 0 Å². The lowest BCUT2D eigenvalue weighted by Crippen LogP contribution is -2.39. The summed E-state index contributed by atoms with van der Waals surface area (Å²) in [5.74, 6) is 0.256. The predicted octanol–water partition coefficient (Wildman–Crippen LogP) is 2.99. The Bertz CT molecular complexity index is 391. The minimum Gasteiger partial charge on any atom is -0.380 e. The number of carbonyl (C=O) groups excluding carboxylic acids is 1. The first kappa shape index (κ1) is 11.3. The monoisotopic (exact) mass is 218 g/mol. The maximum Gasteiger partial charge on any atom is 0.163 e. The third-order valence-electron chi connectivity index (χ3n) is 3.30. The lowest BCUT2D eigenvalue weighted by Gasteiger charge is -2.38. The summed E-state index contributed by atoms with van der Waals surface area (Å²) in [4.78, 5) is 12.0. The van der Waals surface area contributed by atoms with Crippen LogP contribution in [0.3, 0.4) is 0 Å². The summed E-state index contributed by atoms with van der Waals surface area (Å²) >= 11 is 0. The highest BCUT2D eigenvalue weighted by molar-refractivity contribution is 5.97. The Labute approximate surface area is 96.6 Å². The van der Waals surface area contributed by atoms with E-state index in [0.717, 1.165) is 30.8 Å². The Morgan fingerprint density at radius 2 is 2.06 bits per heavy atom. The van der Waals surface area contributed by atoms with Crippen LogP contribution in [0, 0.1) is 12.3 Å². The fourth-order valence-corrected chi connectivity index (χ4v) is 2.03. The van der Waals surface area contributed by atoms with E-state index in [9.17, 15) is 4.79 Å². The maximum atomic E-state index is 12.0. The Morgan fingerprint density at radius 1 is 1.38 bits per heavy atom. The third kappa shape index (κ3) is 2.33. The average molecular weight is 218 g/mol. The molecule has 0 aromatic heterocycles. The van der Waals surface area contributed by atoms with Gasteiger partial charge in [0.25, 0.3) is 0 Å². The van der Waals surface area contributed by atoms with Crippen molar-refractivity contribution in [3.63, 3.8) is 0 Å². The molecule has 0 saturated carbocycles. The van der Waals surface area contributed by atoms with E-state index in [1.807, 2.05) is 31.2 Å². The van der Waals surface area contributed by atoms with Gasteiger partial charge in [-0.1, -0.05) is 31.2 Å². The van der Waals surface area contributed by atoms with Gasteiger partial charge in [0.2, 0.25) is 0 Å². The minimum absolute atomic E-state index is 0.234. The maximum absolute atomic E-state index is 12.0. The second-order valence-electron chi connectivity index (χ2n) is 5.04. The van der Waals surface area contributed by atoms with Gasteiger partial charge < -0.3 is 4.74 Å². The smallest absolute Gasteiger partial charge is 0.163 e. The van der Waals surface area contributed by atoms with Crippen LogP contribution in [0.1, 0.15) is 35.7 Å². The molecule has 0 N–H and O–H groups in total. The number of hydrogen-bond acceptors (Lipinski definition) is 2. The van der Waals surface area contributed by atoms with Gasteiger partial charge in [0, 0.05) is 17.4 Å². The zero-order valence-electron chi connectivity index (χ0n) is 9.95. The first-order valence-corrected chi connectivity index (χ1v) is 5.77. The largest absolute Gasteiger partial charge is 0.380 e. The molecule has 16 heavy (non-hydrogen) atoms. The molecule has 86 valence electrons. The number of hydrogen-bond donors (Lipinski definition) is 0. The van der Waals surface area contributed by atoms with Gasteiger partial charge in [-0.3, -0.25) is 4.79 Å². The molecule has 1 saturated heterocycles. The number of ketones is 1.